The van der Waals surface area contributed by atoms with Gasteiger partial charge in [0.15, 0.2) is 0 Å². The lowest BCUT2D eigenvalue weighted by atomic mass is 10.1. The summed E-state index contributed by atoms with van der Waals surface area (Å²) in [5.41, 5.74) is -0.103. The van der Waals surface area contributed by atoms with Crippen LogP contribution in [0, 0.1) is 5.95 Å². The highest BCUT2D eigenvalue weighted by Gasteiger charge is 2.20. The Morgan fingerprint density at radius 1 is 1.50 bits per heavy atom. The van der Waals surface area contributed by atoms with Crippen molar-refractivity contribution in [2.45, 2.75) is 12.8 Å². The Bertz CT molecular complexity index is 567. The Kier molecular flexibility index (Phi) is 2.56. The number of aromatic nitrogens is 1. The highest BCUT2D eigenvalue weighted by Crippen LogP contribution is 2.21. The van der Waals surface area contributed by atoms with E-state index in [0.717, 1.165) is 0 Å². The molecule has 0 saturated carbocycles. The maximum Gasteiger partial charge on any atom is 0.269 e. The summed E-state index contributed by atoms with van der Waals surface area (Å²) in [6, 6.07) is 2.63. The lowest BCUT2D eigenvalue weighted by molar-refractivity contribution is -0.119. The van der Waals surface area contributed by atoms with Crippen molar-refractivity contribution < 1.29 is 18.1 Å². The van der Waals surface area contributed by atoms with Crippen molar-refractivity contribution in [2.24, 2.45) is 0 Å². The number of rotatable bonds is 2. The van der Waals surface area contributed by atoms with Crippen molar-refractivity contribution in [3.05, 3.63) is 23.8 Å². The van der Waals surface area contributed by atoms with E-state index in [4.69, 9.17) is 4.11 Å². The normalized spacial score (nSPS) is 18.8. The van der Waals surface area contributed by atoms with Crippen molar-refractivity contribution in [1.82, 2.24) is 10.3 Å². The molecule has 1 aliphatic heterocycles. The average Bonchev–Trinajstić information content (AvgIpc) is 2.38. The summed E-state index contributed by atoms with van der Waals surface area (Å²) in [4.78, 5) is 27.9. The van der Waals surface area contributed by atoms with Crippen LogP contribution < -0.4 is 10.2 Å². The smallest absolute Gasteiger partial charge is 0.269 e. The van der Waals surface area contributed by atoms with Gasteiger partial charge in [0.1, 0.15) is 11.5 Å². The number of carbonyl (C=O) groups is 2. The van der Waals surface area contributed by atoms with Gasteiger partial charge in [0.2, 0.25) is 5.95 Å². The molecule has 0 aliphatic carbocycles. The standard InChI is InChI=1S/C12H14FN3O2/c1-14-12(18)9-2-3-10(11(13)15-9)16-6-4-8(17)5-7-16/h2-3H,4-7H2,1H3,(H,14,18)/i1D3. The molecule has 0 aromatic carbocycles. The van der Waals surface area contributed by atoms with Gasteiger partial charge in [-0.25, -0.2) is 4.98 Å². The molecule has 1 amide bonds. The van der Waals surface area contributed by atoms with Crippen molar-refractivity contribution >= 4 is 17.4 Å². The van der Waals surface area contributed by atoms with Gasteiger partial charge in [-0.15, -0.1) is 0 Å². The minimum atomic E-state index is -2.65. The minimum Gasteiger partial charge on any atom is -0.367 e. The van der Waals surface area contributed by atoms with Crippen molar-refractivity contribution in [1.29, 1.82) is 0 Å². The van der Waals surface area contributed by atoms with Crippen LogP contribution in [0.3, 0.4) is 0 Å². The Hall–Kier alpha value is -1.98. The van der Waals surface area contributed by atoms with Gasteiger partial charge in [-0.2, -0.15) is 4.39 Å². The third-order valence-electron chi connectivity index (χ3n) is 2.84. The zero-order valence-corrected chi connectivity index (χ0v) is 9.57. The molecule has 0 bridgehead atoms. The van der Waals surface area contributed by atoms with E-state index in [1.165, 1.54) is 12.1 Å². The lowest BCUT2D eigenvalue weighted by Crippen LogP contribution is -2.34. The molecule has 96 valence electrons. The molecule has 0 radical (unpaired) electrons. The van der Waals surface area contributed by atoms with E-state index in [1.807, 2.05) is 0 Å². The first-order valence-electron chi connectivity index (χ1n) is 7.02. The van der Waals surface area contributed by atoms with E-state index < -0.39 is 18.8 Å². The summed E-state index contributed by atoms with van der Waals surface area (Å²) in [7, 11) is 0. The summed E-state index contributed by atoms with van der Waals surface area (Å²) in [6.45, 7) is -1.85. The number of Topliss-reactive ketones (excluding diaryl/α,β-unsaturated/α-hetero) is 1. The third kappa shape index (κ3) is 2.47. The molecule has 1 aromatic heterocycles. The van der Waals surface area contributed by atoms with Crippen molar-refractivity contribution in [2.75, 3.05) is 25.0 Å². The van der Waals surface area contributed by atoms with E-state index in [9.17, 15) is 14.0 Å². The van der Waals surface area contributed by atoms with Gasteiger partial charge < -0.3 is 10.2 Å². The van der Waals surface area contributed by atoms with Gasteiger partial charge in [-0.05, 0) is 12.1 Å². The van der Waals surface area contributed by atoms with Crippen LogP contribution in [0.5, 0.6) is 0 Å². The fourth-order valence-corrected chi connectivity index (χ4v) is 1.85. The topological polar surface area (TPSA) is 62.3 Å². The van der Waals surface area contributed by atoms with Crippen LogP contribution in [0.15, 0.2) is 12.1 Å². The van der Waals surface area contributed by atoms with E-state index in [-0.39, 0.29) is 17.2 Å². The number of pyridine rings is 1. The fourth-order valence-electron chi connectivity index (χ4n) is 1.85. The van der Waals surface area contributed by atoms with Crippen LogP contribution in [-0.4, -0.2) is 36.7 Å². The van der Waals surface area contributed by atoms with Crippen LogP contribution in [0.1, 0.15) is 27.4 Å². The van der Waals surface area contributed by atoms with Crippen molar-refractivity contribution in [3.63, 3.8) is 0 Å². The number of carbonyl (C=O) groups excluding carboxylic acids is 2. The van der Waals surface area contributed by atoms with Crippen LogP contribution in [0.25, 0.3) is 0 Å². The maximum absolute atomic E-state index is 14.0. The van der Waals surface area contributed by atoms with E-state index in [1.54, 1.807) is 10.2 Å². The Balaban J connectivity index is 2.14. The molecular weight excluding hydrogens is 237 g/mol. The first-order chi connectivity index (χ1) is 9.76. The number of anilines is 1. The number of halogens is 1. The summed E-state index contributed by atoms with van der Waals surface area (Å²) < 4.78 is 34.7. The second-order valence-electron chi connectivity index (χ2n) is 3.99. The van der Waals surface area contributed by atoms with Gasteiger partial charge in [0, 0.05) is 37.0 Å². The average molecular weight is 254 g/mol. The predicted octanol–water partition coefficient (Wildman–Crippen LogP) is 0.750. The molecule has 1 aliphatic rings. The Morgan fingerprint density at radius 2 is 2.22 bits per heavy atom. The minimum absolute atomic E-state index is 0.133. The molecule has 18 heavy (non-hydrogen) atoms. The molecule has 0 atom stereocenters. The van der Waals surface area contributed by atoms with E-state index in [0.29, 0.717) is 25.9 Å². The molecule has 6 heteroatoms. The lowest BCUT2D eigenvalue weighted by Gasteiger charge is -2.28. The van der Waals surface area contributed by atoms with Crippen LogP contribution in [-0.2, 0) is 4.79 Å². The van der Waals surface area contributed by atoms with Gasteiger partial charge in [0.05, 0.1) is 5.69 Å². The highest BCUT2D eigenvalue weighted by molar-refractivity contribution is 5.92. The van der Waals surface area contributed by atoms with Gasteiger partial charge in [-0.1, -0.05) is 0 Å². The van der Waals surface area contributed by atoms with Gasteiger partial charge >= 0.3 is 0 Å². The fraction of sp³-hybridized carbons (Fsp3) is 0.417. The summed E-state index contributed by atoms with van der Waals surface area (Å²) in [6.07, 6.45) is 0.696. The van der Waals surface area contributed by atoms with E-state index in [2.05, 4.69) is 4.98 Å². The van der Waals surface area contributed by atoms with Crippen molar-refractivity contribution in [3.8, 4) is 0 Å². The Labute approximate surface area is 108 Å². The quantitative estimate of drug-likeness (QED) is 0.791. The number of ketones is 1. The van der Waals surface area contributed by atoms with Crippen LogP contribution in [0.2, 0.25) is 0 Å². The maximum atomic E-state index is 14.0. The molecule has 0 spiro atoms. The number of nitrogens with zero attached hydrogens (tertiary/aromatic N) is 2. The number of hydrogen-bond donors (Lipinski definition) is 1. The predicted molar refractivity (Wildman–Crippen MR) is 64.0 cm³/mol. The molecule has 1 fully saturated rings. The summed E-state index contributed by atoms with van der Waals surface area (Å²) >= 11 is 0. The number of nitrogens with one attached hydrogen (secondary N) is 1. The molecule has 2 rings (SSSR count). The second-order valence-corrected chi connectivity index (χ2v) is 3.99. The molecule has 0 unspecified atom stereocenters. The van der Waals surface area contributed by atoms with Crippen LogP contribution >= 0.6 is 0 Å². The number of piperidine rings is 1. The molecule has 1 N–H and O–H groups in total. The largest absolute Gasteiger partial charge is 0.367 e. The molecule has 2 heterocycles. The zero-order valence-electron chi connectivity index (χ0n) is 12.6. The monoisotopic (exact) mass is 254 g/mol. The second kappa shape index (κ2) is 5.12. The van der Waals surface area contributed by atoms with Gasteiger partial charge in [-0.3, -0.25) is 9.59 Å². The van der Waals surface area contributed by atoms with Crippen LogP contribution in [0.4, 0.5) is 10.1 Å². The first kappa shape index (κ1) is 9.02. The highest BCUT2D eigenvalue weighted by atomic mass is 19.1. The summed E-state index contributed by atoms with van der Waals surface area (Å²) in [5, 5.41) is 1.74. The molecule has 5 nitrogen and oxygen atoms in total. The third-order valence-corrected chi connectivity index (χ3v) is 2.84. The Morgan fingerprint density at radius 3 is 2.83 bits per heavy atom. The molecule has 1 aromatic rings. The van der Waals surface area contributed by atoms with E-state index >= 15 is 0 Å². The number of amides is 1. The molecular formula is C12H14FN3O2. The number of hydrogen-bond acceptors (Lipinski definition) is 4. The summed E-state index contributed by atoms with van der Waals surface area (Å²) in [5.74, 6) is -1.69. The van der Waals surface area contributed by atoms with Gasteiger partial charge in [0.25, 0.3) is 5.91 Å². The SMILES string of the molecule is [2H]C([2H])([2H])NC(=O)c1ccc(N2CCC(=O)CC2)c(F)n1. The zero-order chi connectivity index (χ0) is 15.6. The first-order valence-corrected chi connectivity index (χ1v) is 5.52. The molecule has 1 saturated heterocycles.